The van der Waals surface area contributed by atoms with E-state index in [-0.39, 0.29) is 23.5 Å². The quantitative estimate of drug-likeness (QED) is 0.771. The van der Waals surface area contributed by atoms with Gasteiger partial charge in [0.25, 0.3) is 0 Å². The van der Waals surface area contributed by atoms with Crippen LogP contribution in [-0.2, 0) is 9.53 Å². The average molecular weight is 243 g/mol. The van der Waals surface area contributed by atoms with E-state index in [4.69, 9.17) is 4.74 Å². The van der Waals surface area contributed by atoms with Gasteiger partial charge in [0.05, 0.1) is 6.54 Å². The molecule has 0 aromatic heterocycles. The molecule has 0 saturated heterocycles. The van der Waals surface area contributed by atoms with E-state index >= 15 is 0 Å². The summed E-state index contributed by atoms with van der Waals surface area (Å²) in [5, 5.41) is 3.26. The molecule has 3 heteroatoms. The number of hydrogen-bond acceptors (Lipinski definition) is 3. The first-order valence-electron chi connectivity index (χ1n) is 6.28. The Morgan fingerprint density at radius 1 is 1.00 bits per heavy atom. The van der Waals surface area contributed by atoms with Crippen LogP contribution in [0.3, 0.4) is 0 Å². The van der Waals surface area contributed by atoms with Crippen molar-refractivity contribution in [1.82, 2.24) is 5.32 Å². The summed E-state index contributed by atoms with van der Waals surface area (Å²) in [5.41, 5.74) is -0.230. The van der Waals surface area contributed by atoms with E-state index < -0.39 is 5.60 Å². The van der Waals surface area contributed by atoms with Crippen LogP contribution in [0, 0.1) is 5.41 Å². The smallest absolute Gasteiger partial charge is 0.320 e. The number of ether oxygens (including phenoxy) is 1. The fraction of sp³-hybridized carbons (Fsp3) is 0.929. The topological polar surface area (TPSA) is 38.3 Å². The molecule has 0 spiro atoms. The number of esters is 1. The van der Waals surface area contributed by atoms with E-state index in [1.54, 1.807) is 0 Å². The maximum absolute atomic E-state index is 11.6. The fourth-order valence-corrected chi connectivity index (χ4v) is 2.08. The molecule has 0 aliphatic carbocycles. The van der Waals surface area contributed by atoms with Crippen molar-refractivity contribution >= 4 is 5.97 Å². The van der Waals surface area contributed by atoms with Gasteiger partial charge in [-0.1, -0.05) is 20.8 Å². The van der Waals surface area contributed by atoms with Gasteiger partial charge in [0.2, 0.25) is 0 Å². The van der Waals surface area contributed by atoms with E-state index in [2.05, 4.69) is 39.9 Å². The Hall–Kier alpha value is -0.570. The highest BCUT2D eigenvalue weighted by Gasteiger charge is 2.26. The zero-order valence-corrected chi connectivity index (χ0v) is 12.7. The minimum atomic E-state index is -0.410. The molecule has 1 N–H and O–H groups in total. The Balaban J connectivity index is 4.15. The van der Waals surface area contributed by atoms with Crippen LogP contribution in [0.25, 0.3) is 0 Å². The van der Waals surface area contributed by atoms with Gasteiger partial charge in [0, 0.05) is 5.54 Å². The molecule has 0 atom stereocenters. The largest absolute Gasteiger partial charge is 0.459 e. The molecule has 0 saturated carbocycles. The minimum absolute atomic E-state index is 0.0604. The highest BCUT2D eigenvalue weighted by molar-refractivity contribution is 5.72. The minimum Gasteiger partial charge on any atom is -0.459 e. The number of rotatable bonds is 4. The summed E-state index contributed by atoms with van der Waals surface area (Å²) in [6, 6.07) is 0. The van der Waals surface area contributed by atoms with E-state index in [0.29, 0.717) is 0 Å². The third-order valence-electron chi connectivity index (χ3n) is 2.10. The van der Waals surface area contributed by atoms with Gasteiger partial charge < -0.3 is 10.1 Å². The van der Waals surface area contributed by atoms with Crippen molar-refractivity contribution in [3.63, 3.8) is 0 Å². The van der Waals surface area contributed by atoms with Crippen LogP contribution in [0.4, 0.5) is 0 Å². The molecular formula is C14H29NO2. The molecule has 0 aromatic rings. The molecule has 3 nitrogen and oxygen atoms in total. The highest BCUT2D eigenvalue weighted by atomic mass is 16.6. The Morgan fingerprint density at radius 3 is 1.82 bits per heavy atom. The maximum Gasteiger partial charge on any atom is 0.320 e. The molecule has 17 heavy (non-hydrogen) atoms. The Labute approximate surface area is 106 Å². The predicted octanol–water partition coefficient (Wildman–Crippen LogP) is 3.13. The lowest BCUT2D eigenvalue weighted by Gasteiger charge is -2.33. The summed E-state index contributed by atoms with van der Waals surface area (Å²) in [4.78, 5) is 11.6. The lowest BCUT2D eigenvalue weighted by atomic mass is 9.82. The first-order chi connectivity index (χ1) is 7.31. The summed E-state index contributed by atoms with van der Waals surface area (Å²) < 4.78 is 5.26. The zero-order valence-electron chi connectivity index (χ0n) is 12.7. The van der Waals surface area contributed by atoms with Gasteiger partial charge >= 0.3 is 5.97 Å². The second-order valence-electron chi connectivity index (χ2n) is 7.56. The molecule has 0 aliphatic heterocycles. The highest BCUT2D eigenvalue weighted by Crippen LogP contribution is 2.26. The third kappa shape index (κ3) is 10.3. The van der Waals surface area contributed by atoms with Crippen LogP contribution in [0.5, 0.6) is 0 Å². The van der Waals surface area contributed by atoms with Gasteiger partial charge in [-0.2, -0.15) is 0 Å². The second kappa shape index (κ2) is 5.38. The van der Waals surface area contributed by atoms with E-state index in [1.807, 2.05) is 20.8 Å². The number of carbonyl (C=O) groups is 1. The number of hydrogen-bond donors (Lipinski definition) is 1. The van der Waals surface area contributed by atoms with Crippen molar-refractivity contribution in [3.05, 3.63) is 0 Å². The fourth-order valence-electron chi connectivity index (χ4n) is 2.08. The van der Waals surface area contributed by atoms with Crippen LogP contribution in [0.2, 0.25) is 0 Å². The number of nitrogens with one attached hydrogen (secondary N) is 1. The van der Waals surface area contributed by atoms with Gasteiger partial charge in [-0.15, -0.1) is 0 Å². The van der Waals surface area contributed by atoms with E-state index in [0.717, 1.165) is 6.42 Å². The molecule has 0 aromatic carbocycles. The summed E-state index contributed by atoms with van der Waals surface area (Å²) in [6.07, 6.45) is 1.00. The molecule has 102 valence electrons. The molecule has 0 fully saturated rings. The van der Waals surface area contributed by atoms with Crippen molar-refractivity contribution in [2.45, 2.75) is 73.0 Å². The molecule has 0 aliphatic rings. The Kier molecular flexibility index (Phi) is 5.20. The molecule has 0 rings (SSSR count). The van der Waals surface area contributed by atoms with Gasteiger partial charge in [0.15, 0.2) is 0 Å². The van der Waals surface area contributed by atoms with Crippen LogP contribution >= 0.6 is 0 Å². The van der Waals surface area contributed by atoms with Gasteiger partial charge in [-0.3, -0.25) is 4.79 Å². The predicted molar refractivity (Wildman–Crippen MR) is 72.0 cm³/mol. The average Bonchev–Trinajstić information content (AvgIpc) is 1.92. The molecule has 0 radical (unpaired) electrons. The lowest BCUT2D eigenvalue weighted by molar-refractivity contribution is -0.154. The first kappa shape index (κ1) is 16.4. The second-order valence-corrected chi connectivity index (χ2v) is 7.56. The Bertz CT molecular complexity index is 256. The van der Waals surface area contributed by atoms with Gasteiger partial charge in [-0.25, -0.2) is 0 Å². The lowest BCUT2D eigenvalue weighted by Crippen LogP contribution is -2.45. The van der Waals surface area contributed by atoms with Crippen molar-refractivity contribution in [2.75, 3.05) is 6.54 Å². The molecule has 0 unspecified atom stereocenters. The molecular weight excluding hydrogens is 214 g/mol. The van der Waals surface area contributed by atoms with Crippen molar-refractivity contribution in [3.8, 4) is 0 Å². The molecule has 0 bridgehead atoms. The monoisotopic (exact) mass is 243 g/mol. The van der Waals surface area contributed by atoms with Crippen LogP contribution in [0.15, 0.2) is 0 Å². The Morgan fingerprint density at radius 2 is 1.47 bits per heavy atom. The summed E-state index contributed by atoms with van der Waals surface area (Å²) in [6.45, 7) is 16.7. The molecule has 0 amide bonds. The normalized spacial score (nSPS) is 13.6. The molecule has 0 heterocycles. The van der Waals surface area contributed by atoms with Crippen molar-refractivity contribution in [1.29, 1.82) is 0 Å². The van der Waals surface area contributed by atoms with E-state index in [9.17, 15) is 4.79 Å². The zero-order chi connectivity index (χ0) is 13.9. The number of carbonyl (C=O) groups excluding carboxylic acids is 1. The van der Waals surface area contributed by atoms with E-state index in [1.165, 1.54) is 0 Å². The summed E-state index contributed by atoms with van der Waals surface area (Å²) in [7, 11) is 0. The summed E-state index contributed by atoms with van der Waals surface area (Å²) >= 11 is 0. The van der Waals surface area contributed by atoms with Crippen LogP contribution in [-0.4, -0.2) is 23.7 Å². The van der Waals surface area contributed by atoms with Gasteiger partial charge in [-0.05, 0) is 46.5 Å². The standard InChI is InChI=1S/C14H29NO2/c1-12(2,3)10-14(7,8)15-9-11(16)17-13(4,5)6/h15H,9-10H2,1-8H3. The van der Waals surface area contributed by atoms with Crippen LogP contribution in [0.1, 0.15) is 61.8 Å². The van der Waals surface area contributed by atoms with Crippen molar-refractivity contribution in [2.24, 2.45) is 5.41 Å². The maximum atomic E-state index is 11.6. The first-order valence-corrected chi connectivity index (χ1v) is 6.28. The summed E-state index contributed by atoms with van der Waals surface area (Å²) in [5.74, 6) is -0.195. The van der Waals surface area contributed by atoms with Crippen molar-refractivity contribution < 1.29 is 9.53 Å². The third-order valence-corrected chi connectivity index (χ3v) is 2.10. The SMILES string of the molecule is CC(C)(C)CC(C)(C)NCC(=O)OC(C)(C)C. The van der Waals surface area contributed by atoms with Crippen LogP contribution < -0.4 is 5.32 Å². The van der Waals surface area contributed by atoms with Gasteiger partial charge in [0.1, 0.15) is 5.60 Å².